The number of fused-ring (bicyclic) bond motifs is 2. The number of anilines is 2. The maximum atomic E-state index is 14.4. The third kappa shape index (κ3) is 4.66. The molecule has 0 bridgehead atoms. The second kappa shape index (κ2) is 11.0. The summed E-state index contributed by atoms with van der Waals surface area (Å²) in [5.74, 6) is -0.219. The van der Waals surface area contributed by atoms with Crippen molar-refractivity contribution in [3.05, 3.63) is 125 Å². The monoisotopic (exact) mass is 640 g/mol. The van der Waals surface area contributed by atoms with E-state index in [9.17, 15) is 14.4 Å². The third-order valence-electron chi connectivity index (χ3n) is 7.71. The van der Waals surface area contributed by atoms with Crippen molar-refractivity contribution in [1.29, 1.82) is 0 Å². The lowest BCUT2D eigenvalue weighted by molar-refractivity contribution is -0.114. The predicted molar refractivity (Wildman–Crippen MR) is 170 cm³/mol. The number of rotatable bonds is 5. The summed E-state index contributed by atoms with van der Waals surface area (Å²) in [6.07, 6.45) is 0. The number of halogens is 1. The Labute approximate surface area is 255 Å². The summed E-state index contributed by atoms with van der Waals surface area (Å²) >= 11 is 4.72. The highest BCUT2D eigenvalue weighted by atomic mass is 79.9. The van der Waals surface area contributed by atoms with Crippen molar-refractivity contribution in [2.45, 2.75) is 39.7 Å². The number of benzene rings is 3. The molecule has 1 N–H and O–H groups in total. The number of hydrogen-bond acceptors (Lipinski definition) is 5. The first-order chi connectivity index (χ1) is 20.2. The molecule has 3 aromatic carbocycles. The average molecular weight is 642 g/mol. The van der Waals surface area contributed by atoms with E-state index in [2.05, 4.69) is 35.1 Å². The fraction of sp³-hybridized carbons (Fsp3) is 0.212. The average Bonchev–Trinajstić information content (AvgIpc) is 3.43. The van der Waals surface area contributed by atoms with Crippen LogP contribution in [0, 0.1) is 0 Å². The van der Waals surface area contributed by atoms with Gasteiger partial charge < -0.3 is 10.2 Å². The summed E-state index contributed by atoms with van der Waals surface area (Å²) < 4.78 is 2.70. The number of amides is 2. The van der Waals surface area contributed by atoms with Crippen LogP contribution < -0.4 is 25.1 Å². The summed E-state index contributed by atoms with van der Waals surface area (Å²) in [5.41, 5.74) is 5.00. The Balaban J connectivity index is 1.59. The van der Waals surface area contributed by atoms with Crippen LogP contribution in [0.4, 0.5) is 11.4 Å². The number of nitrogens with zero attached hydrogens (tertiary/aromatic N) is 3. The SMILES string of the molecule is CCN1C(=O)/C(=c2/sc3n(c2=O)[C@@H](c2ccc(C(C)C)cc2)C(C(=O)Nc2ccccc2)=C(C)N=3)c2cc(Br)ccc21. The minimum Gasteiger partial charge on any atom is -0.322 e. The molecule has 2 aliphatic heterocycles. The van der Waals surface area contributed by atoms with Crippen molar-refractivity contribution < 1.29 is 9.59 Å². The van der Waals surface area contributed by atoms with Crippen LogP contribution in [0.1, 0.15) is 56.3 Å². The molecule has 1 aromatic heterocycles. The van der Waals surface area contributed by atoms with Crippen molar-refractivity contribution in [2.24, 2.45) is 4.99 Å². The van der Waals surface area contributed by atoms with Crippen molar-refractivity contribution in [3.63, 3.8) is 0 Å². The number of aromatic nitrogens is 1. The Morgan fingerprint density at radius 1 is 1.05 bits per heavy atom. The summed E-state index contributed by atoms with van der Waals surface area (Å²) in [6, 6.07) is 22.2. The lowest BCUT2D eigenvalue weighted by Crippen LogP contribution is -2.41. The predicted octanol–water partition coefficient (Wildman–Crippen LogP) is 5.50. The molecule has 9 heteroatoms. The summed E-state index contributed by atoms with van der Waals surface area (Å²) in [4.78, 5) is 48.8. The van der Waals surface area contributed by atoms with Crippen LogP contribution in [0.3, 0.4) is 0 Å². The smallest absolute Gasteiger partial charge is 0.271 e. The standard InChI is InChI=1S/C33H29BrN4O3S/c1-5-37-25-16-15-22(34)17-24(25)27(31(37)40)29-32(41)38-28(21-13-11-20(12-14-21)18(2)3)26(19(4)35-33(38)42-29)30(39)36-23-9-7-6-8-10-23/h6-18,28H,5H2,1-4H3,(H,36,39)/b29-27+/t28-/m0/s1. The topological polar surface area (TPSA) is 83.8 Å². The van der Waals surface area contributed by atoms with Gasteiger partial charge in [0.05, 0.1) is 28.6 Å². The van der Waals surface area contributed by atoms with E-state index in [1.54, 1.807) is 16.4 Å². The fourth-order valence-electron chi connectivity index (χ4n) is 5.60. The summed E-state index contributed by atoms with van der Waals surface area (Å²) in [7, 11) is 0. The molecule has 2 aliphatic rings. The summed E-state index contributed by atoms with van der Waals surface area (Å²) in [6.45, 7) is 8.42. The number of carbonyl (C=O) groups excluding carboxylic acids is 2. The molecule has 6 rings (SSSR count). The zero-order valence-electron chi connectivity index (χ0n) is 23.6. The lowest BCUT2D eigenvalue weighted by Gasteiger charge is -2.25. The van der Waals surface area contributed by atoms with Gasteiger partial charge in [-0.2, -0.15) is 0 Å². The molecule has 0 aliphatic carbocycles. The number of thiazole rings is 1. The van der Waals surface area contributed by atoms with Crippen molar-refractivity contribution in [1.82, 2.24) is 4.57 Å². The number of nitrogens with one attached hydrogen (secondary N) is 1. The van der Waals surface area contributed by atoms with Crippen LogP contribution >= 0.6 is 27.3 Å². The van der Waals surface area contributed by atoms with Gasteiger partial charge in [0.15, 0.2) is 4.80 Å². The van der Waals surface area contributed by atoms with Gasteiger partial charge in [-0.3, -0.25) is 19.0 Å². The Hall–Kier alpha value is -4.08. The first-order valence-corrected chi connectivity index (χ1v) is 15.4. The van der Waals surface area contributed by atoms with E-state index in [-0.39, 0.29) is 17.4 Å². The van der Waals surface area contributed by atoms with Gasteiger partial charge in [-0.05, 0) is 61.2 Å². The van der Waals surface area contributed by atoms with Gasteiger partial charge in [0.25, 0.3) is 17.4 Å². The highest BCUT2D eigenvalue weighted by Gasteiger charge is 2.36. The molecule has 4 aromatic rings. The minimum absolute atomic E-state index is 0.216. The molecular weight excluding hydrogens is 612 g/mol. The molecule has 0 spiro atoms. The number of para-hydroxylation sites is 1. The van der Waals surface area contributed by atoms with Gasteiger partial charge in [-0.25, -0.2) is 4.99 Å². The second-order valence-electron chi connectivity index (χ2n) is 10.6. The van der Waals surface area contributed by atoms with Crippen molar-refractivity contribution in [2.75, 3.05) is 16.8 Å². The van der Waals surface area contributed by atoms with Crippen molar-refractivity contribution >= 4 is 56.0 Å². The fourth-order valence-corrected chi connectivity index (χ4v) is 7.10. The van der Waals surface area contributed by atoms with E-state index in [1.807, 2.05) is 79.7 Å². The van der Waals surface area contributed by atoms with E-state index in [4.69, 9.17) is 4.99 Å². The van der Waals surface area contributed by atoms with E-state index in [0.29, 0.717) is 49.9 Å². The van der Waals surface area contributed by atoms with Gasteiger partial charge in [0.2, 0.25) is 0 Å². The zero-order chi connectivity index (χ0) is 29.7. The van der Waals surface area contributed by atoms with Crippen LogP contribution in [0.25, 0.3) is 5.57 Å². The molecule has 42 heavy (non-hydrogen) atoms. The first kappa shape index (κ1) is 28.1. The largest absolute Gasteiger partial charge is 0.322 e. The lowest BCUT2D eigenvalue weighted by atomic mass is 9.93. The molecule has 3 heterocycles. The Bertz CT molecular complexity index is 1960. The third-order valence-corrected chi connectivity index (χ3v) is 9.26. The molecule has 212 valence electrons. The van der Waals surface area contributed by atoms with Crippen molar-refractivity contribution in [3.8, 4) is 0 Å². The molecule has 2 amide bonds. The van der Waals surface area contributed by atoms with Gasteiger partial charge in [0, 0.05) is 22.3 Å². The van der Waals surface area contributed by atoms with Crippen LogP contribution in [0.15, 0.2) is 98.3 Å². The van der Waals surface area contributed by atoms with Gasteiger partial charge in [-0.15, -0.1) is 0 Å². The van der Waals surface area contributed by atoms with Crippen LogP contribution in [0.5, 0.6) is 0 Å². The Morgan fingerprint density at radius 2 is 1.76 bits per heavy atom. The number of allylic oxidation sites excluding steroid dienone is 1. The second-order valence-corrected chi connectivity index (χ2v) is 12.5. The molecule has 1 atom stereocenters. The Morgan fingerprint density at radius 3 is 2.43 bits per heavy atom. The summed E-state index contributed by atoms with van der Waals surface area (Å²) in [5, 5.41) is 2.98. The molecule has 0 saturated carbocycles. The number of likely N-dealkylation sites (N-methyl/N-ethyl adjacent to an activating group) is 1. The van der Waals surface area contributed by atoms with E-state index in [0.717, 1.165) is 21.3 Å². The van der Waals surface area contributed by atoms with Gasteiger partial charge >= 0.3 is 0 Å². The van der Waals surface area contributed by atoms with E-state index < -0.39 is 6.04 Å². The van der Waals surface area contributed by atoms with Crippen LogP contribution in [0.2, 0.25) is 0 Å². The van der Waals surface area contributed by atoms with E-state index >= 15 is 0 Å². The van der Waals surface area contributed by atoms with E-state index in [1.165, 1.54) is 11.3 Å². The Kier molecular flexibility index (Phi) is 7.32. The zero-order valence-corrected chi connectivity index (χ0v) is 26.0. The van der Waals surface area contributed by atoms with Crippen LogP contribution in [-0.4, -0.2) is 22.9 Å². The van der Waals surface area contributed by atoms with Gasteiger partial charge in [0.1, 0.15) is 4.53 Å². The number of hydrogen-bond donors (Lipinski definition) is 1. The quantitative estimate of drug-likeness (QED) is 0.313. The molecule has 0 fully saturated rings. The molecule has 0 radical (unpaired) electrons. The highest BCUT2D eigenvalue weighted by Crippen LogP contribution is 2.37. The normalized spacial score (nSPS) is 17.3. The van der Waals surface area contributed by atoms with Crippen LogP contribution in [-0.2, 0) is 9.59 Å². The molecule has 0 unspecified atom stereocenters. The number of carbonyl (C=O) groups is 2. The molecule has 0 saturated heterocycles. The molecule has 7 nitrogen and oxygen atoms in total. The highest BCUT2D eigenvalue weighted by molar-refractivity contribution is 9.10. The molecular formula is C33H29BrN4O3S. The van der Waals surface area contributed by atoms with Gasteiger partial charge in [-0.1, -0.05) is 83.6 Å². The maximum absolute atomic E-state index is 14.4. The minimum atomic E-state index is -0.721. The first-order valence-electron chi connectivity index (χ1n) is 13.8. The maximum Gasteiger partial charge on any atom is 0.271 e.